The topological polar surface area (TPSA) is 211 Å². The molecule has 0 saturated carbocycles. The molecule has 0 bridgehead atoms. The van der Waals surface area contributed by atoms with Gasteiger partial charge in [0.2, 0.25) is 29.5 Å². The number of likely N-dealkylation sites (tertiary alicyclic amines) is 1. The number of nitrogens with zero attached hydrogens (tertiary/aromatic N) is 1. The van der Waals surface area contributed by atoms with Crippen molar-refractivity contribution in [1.29, 1.82) is 0 Å². The Kier molecular flexibility index (Phi) is 19.3. The molecule has 0 aromatic rings. The van der Waals surface area contributed by atoms with E-state index in [1.54, 1.807) is 25.7 Å². The highest BCUT2D eigenvalue weighted by Crippen LogP contribution is 2.54. The Morgan fingerprint density at radius 1 is 0.745 bits per heavy atom. The zero-order chi connectivity index (χ0) is 35.5. The molecule has 0 radical (unpaired) electrons. The second-order valence-corrected chi connectivity index (χ2v) is 15.8. The molecule has 1 fully saturated rings. The van der Waals surface area contributed by atoms with E-state index in [0.29, 0.717) is 32.4 Å². The predicted octanol–water partition coefficient (Wildman–Crippen LogP) is 0.461. The summed E-state index contributed by atoms with van der Waals surface area (Å²) in [6.45, 7) is 12.2. The summed E-state index contributed by atoms with van der Waals surface area (Å²) < 4.78 is 33.5. The average Bonchev–Trinajstić information content (AvgIpc) is 3.43. The standard InChI is InChI=1S/C30H56N5O11P/c1-29(2,3)46-23-11-13-35(22-23)28(40)10-8-7-9-24(36)32-20-26(38)34-21-27(39)33-19-25(37)31-12-14-43-15-16-44-17-18-45-47(41,42)30(4,5)6/h23H,7-22H2,1-6H3,(H,31,37)(H,32,36)(H,33,39)(H,34,38)(H,41,42)/t23-/m0/s1. The zero-order valence-corrected chi connectivity index (χ0v) is 29.7. The van der Waals surface area contributed by atoms with Crippen LogP contribution in [0.25, 0.3) is 0 Å². The van der Waals surface area contributed by atoms with Crippen LogP contribution < -0.4 is 21.3 Å². The summed E-state index contributed by atoms with van der Waals surface area (Å²) in [6, 6.07) is 0. The lowest BCUT2D eigenvalue weighted by molar-refractivity contribution is -0.131. The molecule has 0 spiro atoms. The lowest BCUT2D eigenvalue weighted by Crippen LogP contribution is -2.44. The van der Waals surface area contributed by atoms with Crippen LogP contribution in [0.5, 0.6) is 0 Å². The van der Waals surface area contributed by atoms with Gasteiger partial charge >= 0.3 is 7.60 Å². The molecule has 0 aromatic heterocycles. The van der Waals surface area contributed by atoms with Crippen LogP contribution >= 0.6 is 7.60 Å². The summed E-state index contributed by atoms with van der Waals surface area (Å²) in [5.41, 5.74) is -0.251. The average molecular weight is 694 g/mol. The van der Waals surface area contributed by atoms with Crippen molar-refractivity contribution in [3.8, 4) is 0 Å². The minimum atomic E-state index is -3.72. The van der Waals surface area contributed by atoms with Crippen LogP contribution in [-0.2, 0) is 47.3 Å². The lowest BCUT2D eigenvalue weighted by Gasteiger charge is -2.25. The Morgan fingerprint density at radius 3 is 1.83 bits per heavy atom. The van der Waals surface area contributed by atoms with Gasteiger partial charge in [0.1, 0.15) is 0 Å². The fourth-order valence-corrected chi connectivity index (χ4v) is 4.79. The second-order valence-electron chi connectivity index (χ2n) is 13.1. The molecule has 0 aliphatic carbocycles. The van der Waals surface area contributed by atoms with Crippen molar-refractivity contribution in [2.24, 2.45) is 0 Å². The van der Waals surface area contributed by atoms with Gasteiger partial charge in [-0.1, -0.05) is 0 Å². The van der Waals surface area contributed by atoms with Crippen LogP contribution in [0.1, 0.15) is 73.6 Å². The van der Waals surface area contributed by atoms with Crippen LogP contribution in [0.3, 0.4) is 0 Å². The molecule has 1 rings (SSSR count). The minimum absolute atomic E-state index is 0.0205. The molecule has 16 nitrogen and oxygen atoms in total. The van der Waals surface area contributed by atoms with Gasteiger partial charge in [-0.15, -0.1) is 0 Å². The van der Waals surface area contributed by atoms with Gasteiger partial charge < -0.3 is 49.8 Å². The smallest absolute Gasteiger partial charge is 0.333 e. The first kappa shape index (κ1) is 42.4. The number of hydrogen-bond acceptors (Lipinski definition) is 10. The highest BCUT2D eigenvalue weighted by molar-refractivity contribution is 7.54. The van der Waals surface area contributed by atoms with Gasteiger partial charge in [0.05, 0.1) is 69.5 Å². The lowest BCUT2D eigenvalue weighted by atomic mass is 10.1. The van der Waals surface area contributed by atoms with E-state index < -0.39 is 30.5 Å². The van der Waals surface area contributed by atoms with E-state index in [9.17, 15) is 33.4 Å². The summed E-state index contributed by atoms with van der Waals surface area (Å²) in [7, 11) is -3.72. The molecule has 1 heterocycles. The maximum atomic E-state index is 12.4. The van der Waals surface area contributed by atoms with E-state index in [0.717, 1.165) is 6.42 Å². The number of nitrogens with one attached hydrogen (secondary N) is 4. The van der Waals surface area contributed by atoms with Crippen molar-refractivity contribution >= 4 is 37.1 Å². The van der Waals surface area contributed by atoms with Crippen molar-refractivity contribution < 1.29 is 52.2 Å². The Hall–Kier alpha value is -2.62. The van der Waals surface area contributed by atoms with Crippen LogP contribution in [-0.4, -0.2) is 128 Å². The van der Waals surface area contributed by atoms with Crippen LogP contribution in [0, 0.1) is 0 Å². The number of ether oxygens (including phenoxy) is 3. The maximum absolute atomic E-state index is 12.4. The molecule has 1 saturated heterocycles. The summed E-state index contributed by atoms with van der Waals surface area (Å²) in [5.74, 6) is -1.85. The van der Waals surface area contributed by atoms with Gasteiger partial charge in [-0.3, -0.25) is 28.5 Å². The van der Waals surface area contributed by atoms with Crippen LogP contribution in [0.15, 0.2) is 0 Å². The van der Waals surface area contributed by atoms with Gasteiger partial charge in [0, 0.05) is 32.5 Å². The molecular formula is C30H56N5O11P. The van der Waals surface area contributed by atoms with Gasteiger partial charge in [0.25, 0.3) is 0 Å². The molecule has 1 aliphatic heterocycles. The number of rotatable bonds is 22. The third-order valence-electron chi connectivity index (χ3n) is 6.68. The molecule has 0 aromatic carbocycles. The minimum Gasteiger partial charge on any atom is -0.377 e. The van der Waals surface area contributed by atoms with Gasteiger partial charge in [-0.25, -0.2) is 0 Å². The molecular weight excluding hydrogens is 637 g/mol. The maximum Gasteiger partial charge on any atom is 0.333 e. The number of carbonyl (C=O) groups is 5. The zero-order valence-electron chi connectivity index (χ0n) is 28.8. The van der Waals surface area contributed by atoms with Gasteiger partial charge in [-0.2, -0.15) is 0 Å². The Balaban J connectivity index is 1.99. The summed E-state index contributed by atoms with van der Waals surface area (Å²) in [6.07, 6.45) is 2.45. The second kappa shape index (κ2) is 21.4. The largest absolute Gasteiger partial charge is 0.377 e. The third-order valence-corrected chi connectivity index (χ3v) is 8.91. The fraction of sp³-hybridized carbons (Fsp3) is 0.833. The first-order chi connectivity index (χ1) is 21.9. The van der Waals surface area contributed by atoms with Crippen LogP contribution in [0.2, 0.25) is 0 Å². The molecule has 5 amide bonds. The Labute approximate surface area is 278 Å². The highest BCUT2D eigenvalue weighted by Gasteiger charge is 2.36. The Morgan fingerprint density at radius 2 is 1.26 bits per heavy atom. The number of amides is 5. The van der Waals surface area contributed by atoms with E-state index >= 15 is 0 Å². The van der Waals surface area contributed by atoms with E-state index in [1.165, 1.54) is 0 Å². The molecule has 47 heavy (non-hydrogen) atoms. The number of carbonyl (C=O) groups excluding carboxylic acids is 5. The van der Waals surface area contributed by atoms with Crippen molar-refractivity contribution in [1.82, 2.24) is 26.2 Å². The molecule has 1 unspecified atom stereocenters. The number of unbranched alkanes of at least 4 members (excludes halogenated alkanes) is 1. The highest BCUT2D eigenvalue weighted by atomic mass is 31.2. The predicted molar refractivity (Wildman–Crippen MR) is 173 cm³/mol. The third kappa shape index (κ3) is 20.4. The normalized spacial score (nSPS) is 16.3. The van der Waals surface area contributed by atoms with Gasteiger partial charge in [-0.05, 0) is 60.8 Å². The van der Waals surface area contributed by atoms with Crippen LogP contribution in [0.4, 0.5) is 0 Å². The SMILES string of the molecule is CC(C)(C)O[C@H]1CCN(C(=O)CCCCC(=O)NCC(=O)NCC(=O)NCC(=O)NCCOCCOCCOP(=O)(O)C(C)(C)C)C1. The Bertz CT molecular complexity index is 1060. The number of hydrogen-bond donors (Lipinski definition) is 5. The van der Waals surface area contributed by atoms with E-state index in [1.807, 2.05) is 20.8 Å². The molecule has 1 aliphatic rings. The molecule has 5 N–H and O–H groups in total. The van der Waals surface area contributed by atoms with Gasteiger partial charge in [0.15, 0.2) is 0 Å². The van der Waals surface area contributed by atoms with Crippen molar-refractivity contribution in [2.75, 3.05) is 72.3 Å². The first-order valence-corrected chi connectivity index (χ1v) is 17.6. The van der Waals surface area contributed by atoms with E-state index in [4.69, 9.17) is 18.7 Å². The van der Waals surface area contributed by atoms with Crippen molar-refractivity contribution in [2.45, 2.75) is 90.5 Å². The molecule has 272 valence electrons. The van der Waals surface area contributed by atoms with Crippen molar-refractivity contribution in [3.05, 3.63) is 0 Å². The fourth-order valence-electron chi connectivity index (χ4n) is 4.08. The molecule has 17 heteroatoms. The monoisotopic (exact) mass is 693 g/mol. The van der Waals surface area contributed by atoms with E-state index in [-0.39, 0.29) is 89.2 Å². The van der Waals surface area contributed by atoms with E-state index in [2.05, 4.69) is 21.3 Å². The summed E-state index contributed by atoms with van der Waals surface area (Å²) >= 11 is 0. The molecule has 2 atom stereocenters. The quantitative estimate of drug-likeness (QED) is 0.0777. The first-order valence-electron chi connectivity index (χ1n) is 16.0. The summed E-state index contributed by atoms with van der Waals surface area (Å²) in [5, 5.41) is 8.93. The summed E-state index contributed by atoms with van der Waals surface area (Å²) in [4.78, 5) is 71.8. The van der Waals surface area contributed by atoms with Crippen molar-refractivity contribution in [3.63, 3.8) is 0 Å².